The number of fused-ring (bicyclic) bond motifs is 3. The summed E-state index contributed by atoms with van der Waals surface area (Å²) in [7, 11) is 0. The number of para-hydroxylation sites is 2. The Morgan fingerprint density at radius 1 is 0.741 bits per heavy atom. The lowest BCUT2D eigenvalue weighted by Crippen LogP contribution is -1.96. The van der Waals surface area contributed by atoms with Crippen molar-refractivity contribution in [3.63, 3.8) is 0 Å². The zero-order valence-electron chi connectivity index (χ0n) is 14.9. The van der Waals surface area contributed by atoms with E-state index in [4.69, 9.17) is 4.98 Å². The zero-order chi connectivity index (χ0) is 18.4. The summed E-state index contributed by atoms with van der Waals surface area (Å²) < 4.78 is 2.14. The fourth-order valence-corrected chi connectivity index (χ4v) is 3.86. The Morgan fingerprint density at radius 3 is 2.04 bits per heavy atom. The minimum absolute atomic E-state index is 0.274. The highest BCUT2D eigenvalue weighted by atomic mass is 16.3. The van der Waals surface area contributed by atoms with Gasteiger partial charge in [-0.25, -0.2) is 4.98 Å². The second-order valence-corrected chi connectivity index (χ2v) is 6.67. The Hall–Kier alpha value is -3.59. The Labute approximate surface area is 157 Å². The summed E-state index contributed by atoms with van der Waals surface area (Å²) in [5.74, 6) is 0.274. The van der Waals surface area contributed by atoms with Gasteiger partial charge >= 0.3 is 0 Å². The Morgan fingerprint density at radius 2 is 1.33 bits per heavy atom. The van der Waals surface area contributed by atoms with Crippen molar-refractivity contribution >= 4 is 16.6 Å². The summed E-state index contributed by atoms with van der Waals surface area (Å²) in [5.41, 5.74) is 7.32. The molecule has 3 heteroatoms. The van der Waals surface area contributed by atoms with Crippen molar-refractivity contribution in [1.82, 2.24) is 9.38 Å². The number of benzene rings is 3. The maximum absolute atomic E-state index is 11.3. The summed E-state index contributed by atoms with van der Waals surface area (Å²) >= 11 is 0. The Kier molecular flexibility index (Phi) is 3.47. The van der Waals surface area contributed by atoms with Crippen molar-refractivity contribution in [3.05, 3.63) is 90.6 Å². The van der Waals surface area contributed by atoms with E-state index in [0.717, 1.165) is 44.6 Å². The van der Waals surface area contributed by atoms with Crippen molar-refractivity contribution in [2.75, 3.05) is 0 Å². The highest BCUT2D eigenvalue weighted by Crippen LogP contribution is 2.45. The molecule has 0 saturated heterocycles. The molecule has 130 valence electrons. The molecule has 0 fully saturated rings. The van der Waals surface area contributed by atoms with Gasteiger partial charge in [-0.3, -0.25) is 0 Å². The molecule has 0 saturated carbocycles. The van der Waals surface area contributed by atoms with Crippen LogP contribution in [0.5, 0.6) is 5.75 Å². The van der Waals surface area contributed by atoms with Crippen LogP contribution in [0.2, 0.25) is 0 Å². The molecule has 3 aromatic carbocycles. The van der Waals surface area contributed by atoms with Crippen LogP contribution in [0.15, 0.2) is 84.9 Å². The molecule has 5 aromatic rings. The van der Waals surface area contributed by atoms with Crippen LogP contribution in [0, 0.1) is 6.92 Å². The van der Waals surface area contributed by atoms with Gasteiger partial charge in [0, 0.05) is 0 Å². The first-order valence-electron chi connectivity index (χ1n) is 8.99. The lowest BCUT2D eigenvalue weighted by molar-refractivity contribution is 0.483. The Balaban J connectivity index is 2.05. The first kappa shape index (κ1) is 15.6. The van der Waals surface area contributed by atoms with Crippen LogP contribution in [0.25, 0.3) is 38.9 Å². The third-order valence-corrected chi connectivity index (χ3v) is 5.01. The van der Waals surface area contributed by atoms with E-state index in [9.17, 15) is 5.11 Å². The van der Waals surface area contributed by atoms with Crippen molar-refractivity contribution in [3.8, 4) is 28.1 Å². The highest BCUT2D eigenvalue weighted by Gasteiger charge is 2.23. The van der Waals surface area contributed by atoms with Crippen molar-refractivity contribution < 1.29 is 5.11 Å². The van der Waals surface area contributed by atoms with Crippen LogP contribution < -0.4 is 0 Å². The monoisotopic (exact) mass is 350 g/mol. The molecule has 0 radical (unpaired) electrons. The lowest BCUT2D eigenvalue weighted by Gasteiger charge is -2.10. The highest BCUT2D eigenvalue weighted by molar-refractivity contribution is 5.98. The van der Waals surface area contributed by atoms with Gasteiger partial charge in [-0.15, -0.1) is 0 Å². The number of aromatic hydroxyl groups is 1. The van der Waals surface area contributed by atoms with Gasteiger partial charge in [0.05, 0.1) is 28.0 Å². The Bertz CT molecular complexity index is 1270. The molecular formula is C24H18N2O. The molecule has 2 heterocycles. The van der Waals surface area contributed by atoms with Gasteiger partial charge in [0.15, 0.2) is 5.75 Å². The quantitative estimate of drug-likeness (QED) is 0.434. The molecule has 2 aromatic heterocycles. The molecule has 0 atom stereocenters. The van der Waals surface area contributed by atoms with E-state index in [-0.39, 0.29) is 5.75 Å². The third kappa shape index (κ3) is 2.32. The van der Waals surface area contributed by atoms with E-state index in [0.29, 0.717) is 0 Å². The molecular weight excluding hydrogens is 332 g/mol. The van der Waals surface area contributed by atoms with Gasteiger partial charge < -0.3 is 9.51 Å². The SMILES string of the molecule is Cc1nc2ccccc2n2c(-c3ccccc3)c(-c3ccccc3)c(O)c12. The largest absolute Gasteiger partial charge is 0.505 e. The van der Waals surface area contributed by atoms with Crippen molar-refractivity contribution in [2.24, 2.45) is 0 Å². The summed E-state index contributed by atoms with van der Waals surface area (Å²) in [6, 6.07) is 28.3. The van der Waals surface area contributed by atoms with Crippen LogP contribution in [0.3, 0.4) is 0 Å². The molecule has 5 rings (SSSR count). The van der Waals surface area contributed by atoms with Gasteiger partial charge in [-0.2, -0.15) is 0 Å². The first-order chi connectivity index (χ1) is 13.3. The summed E-state index contributed by atoms with van der Waals surface area (Å²) in [6.07, 6.45) is 0. The van der Waals surface area contributed by atoms with Gasteiger partial charge in [0.2, 0.25) is 0 Å². The smallest absolute Gasteiger partial charge is 0.151 e. The maximum atomic E-state index is 11.3. The summed E-state index contributed by atoms with van der Waals surface area (Å²) in [4.78, 5) is 4.73. The predicted molar refractivity (Wildman–Crippen MR) is 110 cm³/mol. The van der Waals surface area contributed by atoms with E-state index in [1.54, 1.807) is 0 Å². The average Bonchev–Trinajstić information content (AvgIpc) is 3.03. The van der Waals surface area contributed by atoms with Crippen LogP contribution in [0.4, 0.5) is 0 Å². The lowest BCUT2D eigenvalue weighted by atomic mass is 10.0. The number of hydrogen-bond donors (Lipinski definition) is 1. The average molecular weight is 350 g/mol. The van der Waals surface area contributed by atoms with E-state index in [1.807, 2.05) is 73.7 Å². The number of nitrogens with zero attached hydrogens (tertiary/aromatic N) is 2. The van der Waals surface area contributed by atoms with Gasteiger partial charge in [0.25, 0.3) is 0 Å². The van der Waals surface area contributed by atoms with Crippen LogP contribution in [-0.2, 0) is 0 Å². The standard InChI is InChI=1S/C24H18N2O/c1-16-22-24(27)21(17-10-4-2-5-11-17)23(18-12-6-3-7-13-18)26(22)20-15-9-8-14-19(20)25-16/h2-15,27H,1H3. The number of aryl methyl sites for hydroxylation is 1. The summed E-state index contributed by atoms with van der Waals surface area (Å²) in [5, 5.41) is 11.3. The van der Waals surface area contributed by atoms with Gasteiger partial charge in [0.1, 0.15) is 5.52 Å². The molecule has 0 bridgehead atoms. The second kappa shape index (κ2) is 5.99. The fourth-order valence-electron chi connectivity index (χ4n) is 3.86. The molecule has 0 aliphatic carbocycles. The van der Waals surface area contributed by atoms with Crippen LogP contribution in [-0.4, -0.2) is 14.5 Å². The van der Waals surface area contributed by atoms with E-state index < -0.39 is 0 Å². The minimum Gasteiger partial charge on any atom is -0.505 e. The first-order valence-corrected chi connectivity index (χ1v) is 8.99. The number of aromatic nitrogens is 2. The van der Waals surface area contributed by atoms with Crippen LogP contribution >= 0.6 is 0 Å². The van der Waals surface area contributed by atoms with E-state index in [1.165, 1.54) is 0 Å². The topological polar surface area (TPSA) is 37.5 Å². The fraction of sp³-hybridized carbons (Fsp3) is 0.0417. The van der Waals surface area contributed by atoms with Gasteiger partial charge in [-0.05, 0) is 30.2 Å². The third-order valence-electron chi connectivity index (χ3n) is 5.01. The summed E-state index contributed by atoms with van der Waals surface area (Å²) in [6.45, 7) is 1.95. The number of rotatable bonds is 2. The molecule has 0 aliphatic heterocycles. The zero-order valence-corrected chi connectivity index (χ0v) is 14.9. The number of hydrogen-bond acceptors (Lipinski definition) is 2. The van der Waals surface area contributed by atoms with Gasteiger partial charge in [-0.1, -0.05) is 72.8 Å². The molecule has 0 aliphatic rings. The molecule has 3 nitrogen and oxygen atoms in total. The second-order valence-electron chi connectivity index (χ2n) is 6.67. The van der Waals surface area contributed by atoms with E-state index >= 15 is 0 Å². The predicted octanol–water partition coefficient (Wildman–Crippen LogP) is 5.84. The molecule has 1 N–H and O–H groups in total. The molecule has 0 amide bonds. The van der Waals surface area contributed by atoms with Crippen molar-refractivity contribution in [1.29, 1.82) is 0 Å². The normalized spacial score (nSPS) is 11.3. The maximum Gasteiger partial charge on any atom is 0.151 e. The molecule has 0 unspecified atom stereocenters. The molecule has 0 spiro atoms. The van der Waals surface area contributed by atoms with Crippen LogP contribution in [0.1, 0.15) is 5.69 Å². The minimum atomic E-state index is 0.274. The molecule has 27 heavy (non-hydrogen) atoms. The van der Waals surface area contributed by atoms with Crippen molar-refractivity contribution in [2.45, 2.75) is 6.92 Å². The van der Waals surface area contributed by atoms with E-state index in [2.05, 4.69) is 22.6 Å².